The van der Waals surface area contributed by atoms with Gasteiger partial charge in [0.2, 0.25) is 0 Å². The van der Waals surface area contributed by atoms with Crippen LogP contribution in [0.1, 0.15) is 37.5 Å². The molecule has 0 saturated heterocycles. The maximum atomic E-state index is 5.99. The van der Waals surface area contributed by atoms with E-state index in [4.69, 9.17) is 5.73 Å². The van der Waals surface area contributed by atoms with Gasteiger partial charge in [0, 0.05) is 30.1 Å². The molecule has 0 aromatic carbocycles. The van der Waals surface area contributed by atoms with Gasteiger partial charge in [-0.25, -0.2) is 0 Å². The van der Waals surface area contributed by atoms with E-state index in [1.54, 1.807) is 0 Å². The molecule has 1 aliphatic carbocycles. The number of hydrogen-bond acceptors (Lipinski definition) is 3. The van der Waals surface area contributed by atoms with Crippen LogP contribution < -0.4 is 5.73 Å². The summed E-state index contributed by atoms with van der Waals surface area (Å²) >= 11 is 1.86. The first kappa shape index (κ1) is 12.1. The van der Waals surface area contributed by atoms with E-state index in [9.17, 15) is 0 Å². The van der Waals surface area contributed by atoms with Crippen molar-refractivity contribution >= 4 is 11.3 Å². The minimum absolute atomic E-state index is 0.379. The third-order valence-corrected chi connectivity index (χ3v) is 4.17. The molecule has 1 aromatic rings. The van der Waals surface area contributed by atoms with Crippen molar-refractivity contribution in [1.82, 2.24) is 4.90 Å². The molecule has 1 saturated carbocycles. The monoisotopic (exact) mass is 238 g/mol. The van der Waals surface area contributed by atoms with Crippen molar-refractivity contribution in [2.24, 2.45) is 5.73 Å². The van der Waals surface area contributed by atoms with Gasteiger partial charge in [-0.3, -0.25) is 4.90 Å². The van der Waals surface area contributed by atoms with Gasteiger partial charge in [0.25, 0.3) is 0 Å². The number of nitrogens with two attached hydrogens (primary N) is 1. The zero-order valence-electron chi connectivity index (χ0n) is 10.1. The summed E-state index contributed by atoms with van der Waals surface area (Å²) in [6.45, 7) is 4.46. The van der Waals surface area contributed by atoms with E-state index in [0.717, 1.165) is 32.0 Å². The number of hydrogen-bond donors (Lipinski definition) is 1. The highest BCUT2D eigenvalue weighted by molar-refractivity contribution is 7.09. The van der Waals surface area contributed by atoms with Crippen LogP contribution >= 0.6 is 11.3 Å². The maximum absolute atomic E-state index is 5.99. The van der Waals surface area contributed by atoms with Crippen LogP contribution in [-0.2, 0) is 6.54 Å². The minimum atomic E-state index is 0.379. The number of thiophene rings is 1. The summed E-state index contributed by atoms with van der Waals surface area (Å²) in [7, 11) is 0. The lowest BCUT2D eigenvalue weighted by atomic mass is 10.1. The van der Waals surface area contributed by atoms with Crippen LogP contribution in [0.2, 0.25) is 0 Å². The van der Waals surface area contributed by atoms with Crippen molar-refractivity contribution < 1.29 is 0 Å². The van der Waals surface area contributed by atoms with E-state index >= 15 is 0 Å². The summed E-state index contributed by atoms with van der Waals surface area (Å²) in [5.74, 6) is 0. The average molecular weight is 238 g/mol. The molecule has 0 amide bonds. The average Bonchev–Trinajstić information content (AvgIpc) is 3.02. The Labute approximate surface area is 102 Å². The van der Waals surface area contributed by atoms with Gasteiger partial charge in [-0.05, 0) is 37.1 Å². The van der Waals surface area contributed by atoms with Crippen molar-refractivity contribution in [2.45, 2.75) is 51.2 Å². The smallest absolute Gasteiger partial charge is 0.0330 e. The molecule has 3 heteroatoms. The molecule has 2 nitrogen and oxygen atoms in total. The molecule has 2 rings (SSSR count). The van der Waals surface area contributed by atoms with Crippen LogP contribution in [0.25, 0.3) is 0 Å². The molecule has 1 unspecified atom stereocenters. The van der Waals surface area contributed by atoms with Crippen LogP contribution in [0.4, 0.5) is 0 Å². The molecule has 0 radical (unpaired) electrons. The van der Waals surface area contributed by atoms with Crippen molar-refractivity contribution in [2.75, 3.05) is 6.54 Å². The van der Waals surface area contributed by atoms with Gasteiger partial charge in [0.05, 0.1) is 0 Å². The topological polar surface area (TPSA) is 29.3 Å². The lowest BCUT2D eigenvalue weighted by molar-refractivity contribution is 0.245. The standard InChI is InChI=1S/C13H22N2S/c1-2-11(14)7-8-15(12-5-6-12)10-13-4-3-9-16-13/h3-4,9,11-12H,2,5-8,10,14H2,1H3. The van der Waals surface area contributed by atoms with E-state index in [0.29, 0.717) is 6.04 Å². The van der Waals surface area contributed by atoms with Crippen molar-refractivity contribution in [3.05, 3.63) is 22.4 Å². The molecule has 0 aliphatic heterocycles. The van der Waals surface area contributed by atoms with Gasteiger partial charge in [0.1, 0.15) is 0 Å². The molecule has 90 valence electrons. The Hall–Kier alpha value is -0.380. The fourth-order valence-corrected chi connectivity index (χ4v) is 2.70. The van der Waals surface area contributed by atoms with Crippen LogP contribution in [0.5, 0.6) is 0 Å². The molecule has 2 N–H and O–H groups in total. The summed E-state index contributed by atoms with van der Waals surface area (Å²) in [6.07, 6.45) is 5.00. The van der Waals surface area contributed by atoms with Crippen LogP contribution in [-0.4, -0.2) is 23.5 Å². The lowest BCUT2D eigenvalue weighted by Gasteiger charge is -2.22. The SMILES string of the molecule is CCC(N)CCN(Cc1cccs1)C1CC1. The highest BCUT2D eigenvalue weighted by Crippen LogP contribution is 2.29. The highest BCUT2D eigenvalue weighted by atomic mass is 32.1. The molecular formula is C13H22N2S. The van der Waals surface area contributed by atoms with E-state index in [1.807, 2.05) is 11.3 Å². The predicted octanol–water partition coefficient (Wildman–Crippen LogP) is 2.84. The molecule has 1 fully saturated rings. The zero-order chi connectivity index (χ0) is 11.4. The Bertz CT molecular complexity index is 293. The first-order valence-corrected chi connectivity index (χ1v) is 7.19. The summed E-state index contributed by atoms with van der Waals surface area (Å²) in [5.41, 5.74) is 5.99. The second-order valence-electron chi connectivity index (χ2n) is 4.74. The van der Waals surface area contributed by atoms with Crippen molar-refractivity contribution in [3.63, 3.8) is 0 Å². The summed E-state index contributed by atoms with van der Waals surface area (Å²) in [5, 5.41) is 2.16. The van der Waals surface area contributed by atoms with Crippen LogP contribution in [0.15, 0.2) is 17.5 Å². The Kier molecular flexibility index (Phi) is 4.38. The Morgan fingerprint density at radius 2 is 2.38 bits per heavy atom. The molecule has 1 aromatic heterocycles. The fraction of sp³-hybridized carbons (Fsp3) is 0.692. The Balaban J connectivity index is 1.81. The molecule has 1 heterocycles. The molecular weight excluding hydrogens is 216 g/mol. The van der Waals surface area contributed by atoms with E-state index in [2.05, 4.69) is 29.3 Å². The first-order chi connectivity index (χ1) is 7.79. The Morgan fingerprint density at radius 3 is 2.94 bits per heavy atom. The number of nitrogens with zero attached hydrogens (tertiary/aromatic N) is 1. The third kappa shape index (κ3) is 3.58. The molecule has 0 bridgehead atoms. The second kappa shape index (κ2) is 5.80. The van der Waals surface area contributed by atoms with Gasteiger partial charge < -0.3 is 5.73 Å². The normalized spacial score (nSPS) is 17.9. The summed E-state index contributed by atoms with van der Waals surface area (Å²) in [4.78, 5) is 4.10. The molecule has 16 heavy (non-hydrogen) atoms. The quantitative estimate of drug-likeness (QED) is 0.791. The van der Waals surface area contributed by atoms with E-state index in [-0.39, 0.29) is 0 Å². The summed E-state index contributed by atoms with van der Waals surface area (Å²) in [6, 6.07) is 5.60. The van der Waals surface area contributed by atoms with E-state index in [1.165, 1.54) is 17.7 Å². The van der Waals surface area contributed by atoms with E-state index < -0.39 is 0 Å². The van der Waals surface area contributed by atoms with Gasteiger partial charge in [0.15, 0.2) is 0 Å². The highest BCUT2D eigenvalue weighted by Gasteiger charge is 2.28. The molecule has 1 aliphatic rings. The minimum Gasteiger partial charge on any atom is -0.328 e. The maximum Gasteiger partial charge on any atom is 0.0330 e. The van der Waals surface area contributed by atoms with Gasteiger partial charge in [-0.2, -0.15) is 0 Å². The van der Waals surface area contributed by atoms with Crippen molar-refractivity contribution in [1.29, 1.82) is 0 Å². The Morgan fingerprint density at radius 1 is 1.56 bits per heavy atom. The van der Waals surface area contributed by atoms with Crippen LogP contribution in [0.3, 0.4) is 0 Å². The number of rotatable bonds is 7. The van der Waals surface area contributed by atoms with Crippen molar-refractivity contribution in [3.8, 4) is 0 Å². The molecule has 0 spiro atoms. The lowest BCUT2D eigenvalue weighted by Crippen LogP contribution is -2.31. The fourth-order valence-electron chi connectivity index (χ4n) is 1.97. The summed E-state index contributed by atoms with van der Waals surface area (Å²) < 4.78 is 0. The van der Waals surface area contributed by atoms with Gasteiger partial charge in [-0.15, -0.1) is 11.3 Å². The second-order valence-corrected chi connectivity index (χ2v) is 5.77. The third-order valence-electron chi connectivity index (χ3n) is 3.31. The molecule has 1 atom stereocenters. The van der Waals surface area contributed by atoms with Gasteiger partial charge in [-0.1, -0.05) is 13.0 Å². The van der Waals surface area contributed by atoms with Crippen LogP contribution in [0, 0.1) is 0 Å². The predicted molar refractivity (Wildman–Crippen MR) is 70.6 cm³/mol. The largest absolute Gasteiger partial charge is 0.328 e. The van der Waals surface area contributed by atoms with Gasteiger partial charge >= 0.3 is 0 Å². The first-order valence-electron chi connectivity index (χ1n) is 6.31. The zero-order valence-corrected chi connectivity index (χ0v) is 10.9.